The Morgan fingerprint density at radius 3 is 2.55 bits per heavy atom. The van der Waals surface area contributed by atoms with E-state index in [1.165, 1.54) is 0 Å². The zero-order chi connectivity index (χ0) is 30.0. The number of nitrogens with zero attached hydrogens (tertiary/aromatic N) is 5. The maximum atomic E-state index is 13.1. The maximum Gasteiger partial charge on any atom is 0.416 e. The molecule has 2 aliphatic rings. The van der Waals surface area contributed by atoms with E-state index in [-0.39, 0.29) is 47.0 Å². The van der Waals surface area contributed by atoms with Crippen LogP contribution in [0.1, 0.15) is 54.3 Å². The van der Waals surface area contributed by atoms with Crippen molar-refractivity contribution in [3.8, 4) is 23.1 Å². The molecule has 1 saturated heterocycles. The summed E-state index contributed by atoms with van der Waals surface area (Å²) >= 11 is 0. The molecular weight excluding hydrogens is 545 g/mol. The molecule has 0 spiro atoms. The Bertz CT molecular complexity index is 1800. The summed E-state index contributed by atoms with van der Waals surface area (Å²) in [5.41, 5.74) is 7.68. The number of benzene rings is 1. The molecule has 1 aromatic carbocycles. The van der Waals surface area contributed by atoms with Crippen molar-refractivity contribution in [1.82, 2.24) is 24.3 Å². The standard InChI is InChI=1S/C31H27F3N6O2/c1-4-5-23(42)40-16-21-24(30(21,2)3)26(40)29-38-25(27-28(35)37-12-13-39(27)29)18-8-6-17(7-9-18)22(41)15-20-14-19(10-11-36-20)31(32,33)34/h6-14,21,24,26H,15-16H2,1-3H3,(H2,35,37)/t21-,24-,26?/m0/s1. The van der Waals surface area contributed by atoms with Gasteiger partial charge in [0, 0.05) is 42.0 Å². The Hall–Kier alpha value is -4.72. The molecule has 11 heteroatoms. The minimum Gasteiger partial charge on any atom is -0.382 e. The molecule has 1 unspecified atom stereocenters. The molecular formula is C31H27F3N6O2. The van der Waals surface area contributed by atoms with Crippen molar-refractivity contribution in [2.45, 2.75) is 39.4 Å². The number of nitrogen functional groups attached to an aromatic ring is 1. The Labute approximate surface area is 239 Å². The van der Waals surface area contributed by atoms with Crippen molar-refractivity contribution in [3.05, 3.63) is 77.6 Å². The van der Waals surface area contributed by atoms with E-state index < -0.39 is 11.7 Å². The van der Waals surface area contributed by atoms with Crippen LogP contribution in [0.25, 0.3) is 16.8 Å². The first-order valence-corrected chi connectivity index (χ1v) is 13.4. The van der Waals surface area contributed by atoms with E-state index >= 15 is 0 Å². The second-order valence-corrected chi connectivity index (χ2v) is 11.3. The van der Waals surface area contributed by atoms with Crippen LogP contribution in [0.3, 0.4) is 0 Å². The van der Waals surface area contributed by atoms with Crippen molar-refractivity contribution in [2.75, 3.05) is 12.3 Å². The van der Waals surface area contributed by atoms with Gasteiger partial charge in [0.1, 0.15) is 22.9 Å². The number of piperidine rings is 1. The van der Waals surface area contributed by atoms with Crippen LogP contribution in [-0.4, -0.2) is 42.5 Å². The van der Waals surface area contributed by atoms with E-state index in [0.717, 1.165) is 18.3 Å². The number of carbonyl (C=O) groups is 2. The molecule has 8 nitrogen and oxygen atoms in total. The molecule has 214 valence electrons. The quantitative estimate of drug-likeness (QED) is 0.267. The number of halogens is 3. The summed E-state index contributed by atoms with van der Waals surface area (Å²) in [4.78, 5) is 40.9. The first kappa shape index (κ1) is 27.4. The number of imidazole rings is 1. The fraction of sp³-hybridized carbons (Fsp3) is 0.323. The van der Waals surface area contributed by atoms with E-state index in [2.05, 4.69) is 35.7 Å². The molecule has 3 aromatic heterocycles. The highest BCUT2D eigenvalue weighted by molar-refractivity contribution is 5.98. The van der Waals surface area contributed by atoms with Crippen molar-refractivity contribution < 1.29 is 22.8 Å². The van der Waals surface area contributed by atoms with Crippen LogP contribution < -0.4 is 5.73 Å². The largest absolute Gasteiger partial charge is 0.416 e. The van der Waals surface area contributed by atoms with Gasteiger partial charge in [0.2, 0.25) is 0 Å². The molecule has 3 atom stereocenters. The number of nitrogens with two attached hydrogens (primary N) is 1. The van der Waals surface area contributed by atoms with Crippen LogP contribution in [0.2, 0.25) is 0 Å². The van der Waals surface area contributed by atoms with Crippen molar-refractivity contribution in [1.29, 1.82) is 0 Å². The lowest BCUT2D eigenvalue weighted by molar-refractivity contribution is -0.137. The van der Waals surface area contributed by atoms with Gasteiger partial charge in [-0.05, 0) is 42.2 Å². The highest BCUT2D eigenvalue weighted by Gasteiger charge is 2.68. The van der Waals surface area contributed by atoms with Crippen molar-refractivity contribution >= 4 is 23.0 Å². The zero-order valence-electron chi connectivity index (χ0n) is 23.1. The predicted molar refractivity (Wildman–Crippen MR) is 149 cm³/mol. The Kier molecular flexibility index (Phi) is 6.33. The number of Topliss-reactive ketones (excluding diaryl/α,β-unsaturated/α-hetero) is 1. The van der Waals surface area contributed by atoms with Gasteiger partial charge in [-0.25, -0.2) is 9.97 Å². The van der Waals surface area contributed by atoms with E-state index in [1.807, 2.05) is 4.40 Å². The number of pyridine rings is 1. The number of ketones is 1. The number of hydrogen-bond donors (Lipinski definition) is 1. The summed E-state index contributed by atoms with van der Waals surface area (Å²) < 4.78 is 41.1. The summed E-state index contributed by atoms with van der Waals surface area (Å²) in [6.45, 7) is 6.62. The van der Waals surface area contributed by atoms with Gasteiger partial charge >= 0.3 is 6.18 Å². The molecule has 1 aliphatic carbocycles. The van der Waals surface area contributed by atoms with Crippen LogP contribution >= 0.6 is 0 Å². The number of likely N-dealkylation sites (tertiary alicyclic amines) is 1. The van der Waals surface area contributed by atoms with E-state index in [9.17, 15) is 22.8 Å². The number of fused-ring (bicyclic) bond motifs is 2. The molecule has 1 amide bonds. The molecule has 2 N–H and O–H groups in total. The number of aromatic nitrogens is 4. The topological polar surface area (TPSA) is 106 Å². The molecule has 0 radical (unpaired) electrons. The highest BCUT2D eigenvalue weighted by Crippen LogP contribution is 2.69. The van der Waals surface area contributed by atoms with E-state index in [4.69, 9.17) is 10.7 Å². The average molecular weight is 573 g/mol. The SMILES string of the molecule is CC#CC(=O)N1C[C@H]2[C@@H](C1c1nc(-c3ccc(C(=O)Cc4cc(C(F)(F)F)ccn4)cc3)c3c(N)nccn13)C2(C)C. The zero-order valence-corrected chi connectivity index (χ0v) is 23.1. The molecule has 0 bridgehead atoms. The van der Waals surface area contributed by atoms with E-state index in [1.54, 1.807) is 48.5 Å². The fourth-order valence-corrected chi connectivity index (χ4v) is 6.30. The summed E-state index contributed by atoms with van der Waals surface area (Å²) in [5.74, 6) is 6.21. The average Bonchev–Trinajstić information content (AvgIpc) is 3.28. The minimum atomic E-state index is -4.52. The summed E-state index contributed by atoms with van der Waals surface area (Å²) in [6.07, 6.45) is -0.388. The summed E-state index contributed by atoms with van der Waals surface area (Å²) in [7, 11) is 0. The summed E-state index contributed by atoms with van der Waals surface area (Å²) in [6, 6.07) is 8.09. The third-order valence-electron chi connectivity index (χ3n) is 8.54. The Morgan fingerprint density at radius 1 is 1.12 bits per heavy atom. The van der Waals surface area contributed by atoms with Gasteiger partial charge in [0.05, 0.1) is 18.0 Å². The second kappa shape index (κ2) is 9.69. The molecule has 2 fully saturated rings. The monoisotopic (exact) mass is 572 g/mol. The van der Waals surface area contributed by atoms with Gasteiger partial charge < -0.3 is 10.6 Å². The molecule has 6 rings (SSSR count). The van der Waals surface area contributed by atoms with Crippen LogP contribution in [0.15, 0.2) is 55.0 Å². The smallest absolute Gasteiger partial charge is 0.382 e. The number of carbonyl (C=O) groups excluding carboxylic acids is 2. The van der Waals surface area contributed by atoms with E-state index in [0.29, 0.717) is 40.6 Å². The number of hydrogen-bond acceptors (Lipinski definition) is 6. The number of alkyl halides is 3. The van der Waals surface area contributed by atoms with Crippen LogP contribution in [-0.2, 0) is 17.4 Å². The van der Waals surface area contributed by atoms with Gasteiger partial charge in [0.25, 0.3) is 5.91 Å². The molecule has 1 aliphatic heterocycles. The molecule has 1 saturated carbocycles. The lowest BCUT2D eigenvalue weighted by atomic mass is 10.0. The van der Waals surface area contributed by atoms with Gasteiger partial charge in [-0.2, -0.15) is 13.2 Å². The third-order valence-corrected chi connectivity index (χ3v) is 8.54. The summed E-state index contributed by atoms with van der Waals surface area (Å²) in [5, 5.41) is 0. The number of rotatable bonds is 5. The molecule has 4 aromatic rings. The number of amides is 1. The van der Waals surface area contributed by atoms with Crippen LogP contribution in [0.5, 0.6) is 0 Å². The highest BCUT2D eigenvalue weighted by atomic mass is 19.4. The lowest BCUT2D eigenvalue weighted by Gasteiger charge is -2.28. The van der Waals surface area contributed by atoms with Gasteiger partial charge in [-0.1, -0.05) is 44.0 Å². The Morgan fingerprint density at radius 2 is 1.86 bits per heavy atom. The van der Waals surface area contributed by atoms with Crippen molar-refractivity contribution in [3.63, 3.8) is 0 Å². The van der Waals surface area contributed by atoms with Gasteiger partial charge in [0.15, 0.2) is 5.78 Å². The third kappa shape index (κ3) is 4.47. The van der Waals surface area contributed by atoms with Crippen molar-refractivity contribution in [2.24, 2.45) is 17.3 Å². The second-order valence-electron chi connectivity index (χ2n) is 11.3. The first-order chi connectivity index (χ1) is 19.9. The first-order valence-electron chi connectivity index (χ1n) is 13.4. The molecule has 4 heterocycles. The van der Waals surface area contributed by atoms with Crippen LogP contribution in [0.4, 0.5) is 19.0 Å². The normalized spacial score (nSPS) is 20.6. The predicted octanol–water partition coefficient (Wildman–Crippen LogP) is 5.00. The fourth-order valence-electron chi connectivity index (χ4n) is 6.30. The van der Waals surface area contributed by atoms with Gasteiger partial charge in [-0.15, -0.1) is 0 Å². The van der Waals surface area contributed by atoms with Crippen LogP contribution in [0, 0.1) is 29.1 Å². The number of anilines is 1. The Balaban J connectivity index is 1.34. The molecule has 42 heavy (non-hydrogen) atoms. The maximum absolute atomic E-state index is 13.1. The minimum absolute atomic E-state index is 0.0345. The van der Waals surface area contributed by atoms with Gasteiger partial charge in [-0.3, -0.25) is 19.0 Å². The lowest BCUT2D eigenvalue weighted by Crippen LogP contribution is -2.35.